The van der Waals surface area contributed by atoms with Crippen LogP contribution < -0.4 is 5.73 Å². The molecule has 2 atom stereocenters. The Hall–Kier alpha value is -0.830. The summed E-state index contributed by atoms with van der Waals surface area (Å²) in [5.41, 5.74) is 7.33. The first-order valence-electron chi connectivity index (χ1n) is 4.99. The summed E-state index contributed by atoms with van der Waals surface area (Å²) < 4.78 is 1.86. The number of hydrogen-bond acceptors (Lipinski definition) is 2. The Balaban J connectivity index is 1.97. The van der Waals surface area contributed by atoms with Crippen LogP contribution in [0.3, 0.4) is 0 Å². The van der Waals surface area contributed by atoms with E-state index in [0.29, 0.717) is 12.0 Å². The molecule has 2 rings (SSSR count). The van der Waals surface area contributed by atoms with Gasteiger partial charge in [0.2, 0.25) is 0 Å². The van der Waals surface area contributed by atoms with Crippen LogP contribution in [-0.2, 0) is 13.5 Å². The number of aromatic nitrogens is 2. The fraction of sp³-hybridized carbons (Fsp3) is 0.700. The van der Waals surface area contributed by atoms with Gasteiger partial charge in [-0.05, 0) is 30.7 Å². The van der Waals surface area contributed by atoms with Gasteiger partial charge in [0.15, 0.2) is 0 Å². The number of aryl methyl sites for hydroxylation is 1. The maximum Gasteiger partial charge on any atom is 0.0521 e. The molecule has 0 spiro atoms. The van der Waals surface area contributed by atoms with Crippen molar-refractivity contribution in [1.29, 1.82) is 0 Å². The average molecular weight is 179 g/mol. The Kier molecular flexibility index (Phi) is 2.36. The average Bonchev–Trinajstić information content (AvgIpc) is 2.64. The molecule has 1 aliphatic carbocycles. The first-order valence-corrected chi connectivity index (χ1v) is 4.99. The van der Waals surface area contributed by atoms with E-state index in [9.17, 15) is 0 Å². The number of hydrogen-bond donors (Lipinski definition) is 1. The molecule has 1 heterocycles. The monoisotopic (exact) mass is 179 g/mol. The molecule has 0 amide bonds. The summed E-state index contributed by atoms with van der Waals surface area (Å²) in [5.74, 6) is 0.684. The van der Waals surface area contributed by atoms with Crippen LogP contribution in [0.25, 0.3) is 0 Å². The van der Waals surface area contributed by atoms with E-state index < -0.39 is 0 Å². The molecule has 0 aliphatic heterocycles. The smallest absolute Gasteiger partial charge is 0.0521 e. The maximum absolute atomic E-state index is 6.01. The van der Waals surface area contributed by atoms with Gasteiger partial charge in [-0.1, -0.05) is 6.42 Å². The first-order chi connectivity index (χ1) is 6.25. The molecule has 1 aromatic rings. The van der Waals surface area contributed by atoms with E-state index >= 15 is 0 Å². The Labute approximate surface area is 78.9 Å². The molecule has 0 saturated heterocycles. The number of nitrogens with two attached hydrogens (primary N) is 1. The first kappa shape index (κ1) is 8.75. The largest absolute Gasteiger partial charge is 0.327 e. The molecular formula is C10H17N3. The Morgan fingerprint density at radius 3 is 3.00 bits per heavy atom. The third-order valence-corrected chi connectivity index (χ3v) is 2.97. The van der Waals surface area contributed by atoms with Crippen LogP contribution in [0.5, 0.6) is 0 Å². The minimum atomic E-state index is 0.417. The van der Waals surface area contributed by atoms with Crippen LogP contribution >= 0.6 is 0 Å². The second-order valence-corrected chi connectivity index (χ2v) is 4.08. The topological polar surface area (TPSA) is 43.8 Å². The van der Waals surface area contributed by atoms with Crippen molar-refractivity contribution in [2.75, 3.05) is 0 Å². The van der Waals surface area contributed by atoms with Crippen LogP contribution in [0.1, 0.15) is 24.8 Å². The zero-order chi connectivity index (χ0) is 9.26. The molecule has 72 valence electrons. The number of nitrogens with zero attached hydrogens (tertiary/aromatic N) is 2. The zero-order valence-corrected chi connectivity index (χ0v) is 8.11. The van der Waals surface area contributed by atoms with E-state index in [2.05, 4.69) is 11.3 Å². The molecule has 1 aromatic heterocycles. The van der Waals surface area contributed by atoms with Crippen molar-refractivity contribution in [3.05, 3.63) is 18.0 Å². The standard InChI is InChI=1S/C10H17N3/c1-13-7-8(6-12-13)5-9-3-2-4-10(9)11/h6-7,9-10H,2-5,11H2,1H3/t9-,10-/m1/s1. The van der Waals surface area contributed by atoms with Gasteiger partial charge in [0, 0.05) is 19.3 Å². The highest BCUT2D eigenvalue weighted by Gasteiger charge is 2.24. The van der Waals surface area contributed by atoms with E-state index in [0.717, 1.165) is 6.42 Å². The van der Waals surface area contributed by atoms with Gasteiger partial charge in [-0.2, -0.15) is 5.10 Å². The van der Waals surface area contributed by atoms with Crippen LogP contribution in [0, 0.1) is 5.92 Å². The van der Waals surface area contributed by atoms with Gasteiger partial charge in [-0.3, -0.25) is 4.68 Å². The van der Waals surface area contributed by atoms with E-state index in [-0.39, 0.29) is 0 Å². The molecule has 1 saturated carbocycles. The van der Waals surface area contributed by atoms with Gasteiger partial charge in [-0.15, -0.1) is 0 Å². The molecule has 0 aromatic carbocycles. The van der Waals surface area contributed by atoms with Gasteiger partial charge in [0.25, 0.3) is 0 Å². The van der Waals surface area contributed by atoms with Crippen molar-refractivity contribution in [3.8, 4) is 0 Å². The summed E-state index contributed by atoms with van der Waals surface area (Å²) >= 11 is 0. The fourth-order valence-corrected chi connectivity index (χ4v) is 2.20. The second kappa shape index (κ2) is 3.50. The molecule has 0 unspecified atom stereocenters. The third-order valence-electron chi connectivity index (χ3n) is 2.97. The van der Waals surface area contributed by atoms with Crippen molar-refractivity contribution in [2.24, 2.45) is 18.7 Å². The molecule has 1 aliphatic rings. The molecule has 13 heavy (non-hydrogen) atoms. The van der Waals surface area contributed by atoms with Crippen LogP contribution in [-0.4, -0.2) is 15.8 Å². The van der Waals surface area contributed by atoms with Gasteiger partial charge in [-0.25, -0.2) is 0 Å². The molecule has 0 radical (unpaired) electrons. The lowest BCUT2D eigenvalue weighted by Crippen LogP contribution is -2.25. The molecule has 2 N–H and O–H groups in total. The van der Waals surface area contributed by atoms with Gasteiger partial charge < -0.3 is 5.73 Å². The summed E-state index contributed by atoms with van der Waals surface area (Å²) in [6.07, 6.45) is 8.93. The highest BCUT2D eigenvalue weighted by molar-refractivity contribution is 5.06. The molecule has 0 bridgehead atoms. The summed E-state index contributed by atoms with van der Waals surface area (Å²) in [5, 5.41) is 4.16. The van der Waals surface area contributed by atoms with E-state index in [1.165, 1.54) is 24.8 Å². The van der Waals surface area contributed by atoms with Gasteiger partial charge in [0.1, 0.15) is 0 Å². The lowest BCUT2D eigenvalue weighted by atomic mass is 9.97. The summed E-state index contributed by atoms with van der Waals surface area (Å²) in [6.45, 7) is 0. The zero-order valence-electron chi connectivity index (χ0n) is 8.11. The lowest BCUT2D eigenvalue weighted by molar-refractivity contribution is 0.478. The lowest BCUT2D eigenvalue weighted by Gasteiger charge is -2.13. The van der Waals surface area contributed by atoms with Crippen LogP contribution in [0.15, 0.2) is 12.4 Å². The molecule has 1 fully saturated rings. The van der Waals surface area contributed by atoms with Crippen molar-refractivity contribution in [3.63, 3.8) is 0 Å². The van der Waals surface area contributed by atoms with E-state index in [1.54, 1.807) is 0 Å². The van der Waals surface area contributed by atoms with E-state index in [4.69, 9.17) is 5.73 Å². The second-order valence-electron chi connectivity index (χ2n) is 4.08. The van der Waals surface area contributed by atoms with Crippen molar-refractivity contribution < 1.29 is 0 Å². The Morgan fingerprint density at radius 1 is 1.62 bits per heavy atom. The molecular weight excluding hydrogens is 162 g/mol. The summed E-state index contributed by atoms with van der Waals surface area (Å²) in [6, 6.07) is 0.417. The predicted molar refractivity (Wildman–Crippen MR) is 52.2 cm³/mol. The van der Waals surface area contributed by atoms with Crippen LogP contribution in [0.2, 0.25) is 0 Å². The highest BCUT2D eigenvalue weighted by Crippen LogP contribution is 2.26. The SMILES string of the molecule is Cn1cc(C[C@H]2CCC[C@H]2N)cn1. The Bertz CT molecular complexity index is 279. The number of rotatable bonds is 2. The summed E-state index contributed by atoms with van der Waals surface area (Å²) in [4.78, 5) is 0. The molecule has 3 heteroatoms. The van der Waals surface area contributed by atoms with Crippen LogP contribution in [0.4, 0.5) is 0 Å². The minimum absolute atomic E-state index is 0.417. The van der Waals surface area contributed by atoms with Crippen molar-refractivity contribution in [2.45, 2.75) is 31.7 Å². The summed E-state index contributed by atoms with van der Waals surface area (Å²) in [7, 11) is 1.96. The Morgan fingerprint density at radius 2 is 2.46 bits per heavy atom. The normalized spacial score (nSPS) is 28.2. The van der Waals surface area contributed by atoms with E-state index in [1.807, 2.05) is 17.9 Å². The third kappa shape index (κ3) is 1.91. The predicted octanol–water partition coefficient (Wildman–Crippen LogP) is 1.09. The molecule has 3 nitrogen and oxygen atoms in total. The van der Waals surface area contributed by atoms with Crippen molar-refractivity contribution >= 4 is 0 Å². The maximum atomic E-state index is 6.01. The van der Waals surface area contributed by atoms with Crippen molar-refractivity contribution in [1.82, 2.24) is 9.78 Å². The van der Waals surface area contributed by atoms with Gasteiger partial charge in [0.05, 0.1) is 6.20 Å². The highest BCUT2D eigenvalue weighted by atomic mass is 15.2. The fourth-order valence-electron chi connectivity index (χ4n) is 2.20. The quantitative estimate of drug-likeness (QED) is 0.738. The van der Waals surface area contributed by atoms with Gasteiger partial charge >= 0.3 is 0 Å². The minimum Gasteiger partial charge on any atom is -0.327 e.